The lowest BCUT2D eigenvalue weighted by Crippen LogP contribution is -2.10. The molecule has 4 aromatic rings. The SMILES string of the molecule is COc1cccc(-c2nc3ccccc3c(=O)[nH]2)c1OCc1ccccc1Br. The molecule has 1 heterocycles. The summed E-state index contributed by atoms with van der Waals surface area (Å²) in [5, 5.41) is 0.546. The Kier molecular flexibility index (Phi) is 5.12. The number of nitrogens with zero attached hydrogens (tertiary/aromatic N) is 1. The van der Waals surface area contributed by atoms with Crippen molar-refractivity contribution in [3.05, 3.63) is 87.1 Å². The van der Waals surface area contributed by atoms with Crippen LogP contribution < -0.4 is 15.0 Å². The Bertz CT molecular complexity index is 1200. The molecule has 0 atom stereocenters. The Labute approximate surface area is 170 Å². The van der Waals surface area contributed by atoms with E-state index in [1.807, 2.05) is 60.7 Å². The van der Waals surface area contributed by atoms with Crippen LogP contribution in [0.5, 0.6) is 11.5 Å². The van der Waals surface area contributed by atoms with Gasteiger partial charge in [-0.15, -0.1) is 0 Å². The monoisotopic (exact) mass is 436 g/mol. The molecule has 140 valence electrons. The minimum atomic E-state index is -0.194. The third-order valence-corrected chi connectivity index (χ3v) is 5.17. The predicted molar refractivity (Wildman–Crippen MR) is 113 cm³/mol. The van der Waals surface area contributed by atoms with Gasteiger partial charge in [-0.1, -0.05) is 52.3 Å². The molecular formula is C22H17BrN2O3. The van der Waals surface area contributed by atoms with Crippen LogP contribution in [0.2, 0.25) is 0 Å². The van der Waals surface area contributed by atoms with Gasteiger partial charge in [-0.2, -0.15) is 0 Å². The Hall–Kier alpha value is -3.12. The molecule has 0 saturated heterocycles. The first-order chi connectivity index (χ1) is 13.7. The van der Waals surface area contributed by atoms with Crippen molar-refractivity contribution < 1.29 is 9.47 Å². The minimum absolute atomic E-state index is 0.194. The molecule has 0 amide bonds. The molecule has 1 aromatic heterocycles. The highest BCUT2D eigenvalue weighted by Crippen LogP contribution is 2.37. The fraction of sp³-hybridized carbons (Fsp3) is 0.0909. The van der Waals surface area contributed by atoms with Gasteiger partial charge in [0.25, 0.3) is 5.56 Å². The number of aromatic nitrogens is 2. The number of aromatic amines is 1. The first-order valence-corrected chi connectivity index (χ1v) is 9.49. The van der Waals surface area contributed by atoms with Gasteiger partial charge in [0.05, 0.1) is 23.6 Å². The van der Waals surface area contributed by atoms with E-state index in [2.05, 4.69) is 25.9 Å². The third kappa shape index (κ3) is 3.51. The van der Waals surface area contributed by atoms with Crippen LogP contribution in [0.1, 0.15) is 5.56 Å². The zero-order chi connectivity index (χ0) is 19.5. The van der Waals surface area contributed by atoms with Crippen LogP contribution >= 0.6 is 15.9 Å². The van der Waals surface area contributed by atoms with Crippen molar-refractivity contribution in [3.8, 4) is 22.9 Å². The lowest BCUT2D eigenvalue weighted by Gasteiger charge is -2.15. The van der Waals surface area contributed by atoms with Crippen LogP contribution in [-0.2, 0) is 6.61 Å². The fourth-order valence-corrected chi connectivity index (χ4v) is 3.39. The average molecular weight is 437 g/mol. The average Bonchev–Trinajstić information content (AvgIpc) is 2.73. The number of benzene rings is 3. The van der Waals surface area contributed by atoms with Crippen molar-refractivity contribution >= 4 is 26.8 Å². The summed E-state index contributed by atoms with van der Waals surface area (Å²) in [5.41, 5.74) is 2.09. The minimum Gasteiger partial charge on any atom is -0.493 e. The maximum atomic E-state index is 12.5. The van der Waals surface area contributed by atoms with Gasteiger partial charge in [0, 0.05) is 10.0 Å². The molecule has 6 heteroatoms. The van der Waals surface area contributed by atoms with Crippen LogP contribution in [0.15, 0.2) is 76.0 Å². The number of hydrogen-bond acceptors (Lipinski definition) is 4. The molecule has 0 saturated carbocycles. The van der Waals surface area contributed by atoms with E-state index in [0.29, 0.717) is 40.4 Å². The van der Waals surface area contributed by atoms with Crippen LogP contribution in [0, 0.1) is 0 Å². The zero-order valence-corrected chi connectivity index (χ0v) is 16.7. The number of hydrogen-bond donors (Lipinski definition) is 1. The molecule has 1 N–H and O–H groups in total. The van der Waals surface area contributed by atoms with E-state index in [-0.39, 0.29) is 5.56 Å². The fourth-order valence-electron chi connectivity index (χ4n) is 2.99. The molecule has 0 bridgehead atoms. The highest BCUT2D eigenvalue weighted by molar-refractivity contribution is 9.10. The van der Waals surface area contributed by atoms with Crippen molar-refractivity contribution in [3.63, 3.8) is 0 Å². The molecule has 5 nitrogen and oxygen atoms in total. The number of rotatable bonds is 5. The molecule has 0 spiro atoms. The van der Waals surface area contributed by atoms with Crippen molar-refractivity contribution in [2.45, 2.75) is 6.61 Å². The molecule has 0 fully saturated rings. The van der Waals surface area contributed by atoms with E-state index in [9.17, 15) is 4.79 Å². The molecule has 0 aliphatic carbocycles. The molecule has 0 unspecified atom stereocenters. The maximum absolute atomic E-state index is 12.5. The van der Waals surface area contributed by atoms with Gasteiger partial charge in [0.1, 0.15) is 12.4 Å². The van der Waals surface area contributed by atoms with E-state index >= 15 is 0 Å². The van der Waals surface area contributed by atoms with E-state index in [1.54, 1.807) is 13.2 Å². The van der Waals surface area contributed by atoms with E-state index in [4.69, 9.17) is 9.47 Å². The van der Waals surface area contributed by atoms with Crippen molar-refractivity contribution in [1.82, 2.24) is 9.97 Å². The summed E-state index contributed by atoms with van der Waals surface area (Å²) in [4.78, 5) is 20.0. The molecule has 4 rings (SSSR count). The smallest absolute Gasteiger partial charge is 0.259 e. The second kappa shape index (κ2) is 7.86. The quantitative estimate of drug-likeness (QED) is 0.481. The summed E-state index contributed by atoms with van der Waals surface area (Å²) >= 11 is 3.53. The Morgan fingerprint density at radius 3 is 2.61 bits per heavy atom. The van der Waals surface area contributed by atoms with Crippen LogP contribution in [-0.4, -0.2) is 17.1 Å². The summed E-state index contributed by atoms with van der Waals surface area (Å²) in [6.07, 6.45) is 0. The predicted octanol–water partition coefficient (Wildman–Crippen LogP) is 4.94. The van der Waals surface area contributed by atoms with Crippen molar-refractivity contribution in [1.29, 1.82) is 0 Å². The molecule has 28 heavy (non-hydrogen) atoms. The van der Waals surface area contributed by atoms with E-state index in [0.717, 1.165) is 10.0 Å². The lowest BCUT2D eigenvalue weighted by molar-refractivity contribution is 0.285. The van der Waals surface area contributed by atoms with Gasteiger partial charge in [-0.3, -0.25) is 4.79 Å². The van der Waals surface area contributed by atoms with Gasteiger partial charge in [0.15, 0.2) is 11.5 Å². The normalized spacial score (nSPS) is 10.8. The second-order valence-electron chi connectivity index (χ2n) is 6.15. The number of H-pyrrole nitrogens is 1. The summed E-state index contributed by atoms with van der Waals surface area (Å²) in [7, 11) is 1.58. The van der Waals surface area contributed by atoms with Gasteiger partial charge >= 0.3 is 0 Å². The Balaban J connectivity index is 1.80. The van der Waals surface area contributed by atoms with E-state index in [1.165, 1.54) is 0 Å². The summed E-state index contributed by atoms with van der Waals surface area (Å²) in [5.74, 6) is 1.53. The van der Waals surface area contributed by atoms with Gasteiger partial charge in [-0.05, 0) is 30.3 Å². The highest BCUT2D eigenvalue weighted by atomic mass is 79.9. The molecule has 0 aliphatic heterocycles. The van der Waals surface area contributed by atoms with Crippen LogP contribution in [0.4, 0.5) is 0 Å². The Morgan fingerprint density at radius 2 is 1.79 bits per heavy atom. The number of halogens is 1. The van der Waals surface area contributed by atoms with E-state index < -0.39 is 0 Å². The van der Waals surface area contributed by atoms with Crippen LogP contribution in [0.3, 0.4) is 0 Å². The van der Waals surface area contributed by atoms with Gasteiger partial charge in [0.2, 0.25) is 0 Å². The summed E-state index contributed by atoms with van der Waals surface area (Å²) in [6.45, 7) is 0.340. The largest absolute Gasteiger partial charge is 0.493 e. The number of para-hydroxylation sites is 2. The van der Waals surface area contributed by atoms with Gasteiger partial charge in [-0.25, -0.2) is 4.98 Å². The first-order valence-electron chi connectivity index (χ1n) is 8.70. The summed E-state index contributed by atoms with van der Waals surface area (Å²) in [6, 6.07) is 20.6. The molecule has 3 aromatic carbocycles. The number of methoxy groups -OCH3 is 1. The number of fused-ring (bicyclic) bond motifs is 1. The standard InChI is InChI=1S/C22H17BrN2O3/c1-27-19-12-6-9-16(20(19)28-13-14-7-2-4-10-17(14)23)21-24-18-11-5-3-8-15(18)22(26)25-21/h2-12H,13H2,1H3,(H,24,25,26). The first kappa shape index (κ1) is 18.3. The second-order valence-corrected chi connectivity index (χ2v) is 7.00. The number of ether oxygens (including phenoxy) is 2. The molecular weight excluding hydrogens is 420 g/mol. The third-order valence-electron chi connectivity index (χ3n) is 4.40. The lowest BCUT2D eigenvalue weighted by atomic mass is 10.1. The van der Waals surface area contributed by atoms with Crippen molar-refractivity contribution in [2.24, 2.45) is 0 Å². The maximum Gasteiger partial charge on any atom is 0.259 e. The van der Waals surface area contributed by atoms with Crippen molar-refractivity contribution in [2.75, 3.05) is 7.11 Å². The zero-order valence-electron chi connectivity index (χ0n) is 15.1. The molecule has 0 aliphatic rings. The molecule has 0 radical (unpaired) electrons. The number of nitrogens with one attached hydrogen (secondary N) is 1. The van der Waals surface area contributed by atoms with Crippen LogP contribution in [0.25, 0.3) is 22.3 Å². The van der Waals surface area contributed by atoms with Gasteiger partial charge < -0.3 is 14.5 Å². The topological polar surface area (TPSA) is 64.2 Å². The summed E-state index contributed by atoms with van der Waals surface area (Å²) < 4.78 is 12.6. The Morgan fingerprint density at radius 1 is 1.00 bits per heavy atom. The highest BCUT2D eigenvalue weighted by Gasteiger charge is 2.16.